The second-order valence-electron chi connectivity index (χ2n) is 24.9. The summed E-state index contributed by atoms with van der Waals surface area (Å²) in [6.45, 7) is 6.61. The highest BCUT2D eigenvalue weighted by atomic mass is 16.6. The number of rotatable bonds is 68. The number of hydrogen-bond donors (Lipinski definition) is 0. The Morgan fingerprint density at radius 1 is 0.247 bits per heavy atom. The standard InChI is InChI=1S/C75H140O6/c1-4-7-10-13-15-17-19-21-23-25-27-29-31-33-35-36-37-38-40-41-43-45-47-49-51-53-55-57-59-62-65-68-74(77)80-71-72(70-79-73(76)67-64-61-12-9-6-3)81-75(78)69-66-63-60-58-56-54-52-50-48-46-44-42-39-34-32-30-28-26-24-22-20-18-16-14-11-8-5-2/h20,22,26,28,32,34,72H,4-19,21,23-25,27,29-31,33,35-71H2,1-3H3/b22-20-,28-26-,34-32-. The van der Waals surface area contributed by atoms with Gasteiger partial charge in [-0.05, 0) is 57.8 Å². The summed E-state index contributed by atoms with van der Waals surface area (Å²) in [6, 6.07) is 0. The molecule has 0 spiro atoms. The first-order chi connectivity index (χ1) is 40.0. The van der Waals surface area contributed by atoms with Crippen LogP contribution in [0.5, 0.6) is 0 Å². The number of ether oxygens (including phenoxy) is 3. The Morgan fingerprint density at radius 3 is 0.691 bits per heavy atom. The molecular weight excluding hydrogens is 997 g/mol. The molecule has 0 heterocycles. The molecule has 0 rings (SSSR count). The fraction of sp³-hybridized carbons (Fsp3) is 0.880. The molecule has 81 heavy (non-hydrogen) atoms. The minimum absolute atomic E-state index is 0.0682. The maximum atomic E-state index is 12.9. The van der Waals surface area contributed by atoms with Crippen molar-refractivity contribution in [1.82, 2.24) is 0 Å². The van der Waals surface area contributed by atoms with Gasteiger partial charge in [0.15, 0.2) is 6.10 Å². The van der Waals surface area contributed by atoms with E-state index in [9.17, 15) is 14.4 Å². The normalized spacial score (nSPS) is 12.2. The molecule has 6 nitrogen and oxygen atoms in total. The van der Waals surface area contributed by atoms with Crippen molar-refractivity contribution in [2.24, 2.45) is 0 Å². The van der Waals surface area contributed by atoms with Gasteiger partial charge in [-0.1, -0.05) is 365 Å². The Balaban J connectivity index is 3.91. The van der Waals surface area contributed by atoms with E-state index in [1.165, 1.54) is 289 Å². The zero-order valence-corrected chi connectivity index (χ0v) is 54.8. The Morgan fingerprint density at radius 2 is 0.444 bits per heavy atom. The average Bonchev–Trinajstić information content (AvgIpc) is 3.47. The van der Waals surface area contributed by atoms with Crippen LogP contribution in [0.4, 0.5) is 0 Å². The highest BCUT2D eigenvalue weighted by molar-refractivity contribution is 5.71. The highest BCUT2D eigenvalue weighted by Crippen LogP contribution is 2.19. The molecule has 0 bridgehead atoms. The van der Waals surface area contributed by atoms with Crippen molar-refractivity contribution >= 4 is 17.9 Å². The quantitative estimate of drug-likeness (QED) is 0.0261. The van der Waals surface area contributed by atoms with Gasteiger partial charge in [-0.15, -0.1) is 0 Å². The summed E-state index contributed by atoms with van der Waals surface area (Å²) in [6.07, 6.45) is 88.2. The van der Waals surface area contributed by atoms with Gasteiger partial charge in [0.25, 0.3) is 0 Å². The van der Waals surface area contributed by atoms with E-state index in [1.807, 2.05) is 0 Å². The highest BCUT2D eigenvalue weighted by Gasteiger charge is 2.19. The van der Waals surface area contributed by atoms with Crippen molar-refractivity contribution in [3.05, 3.63) is 36.5 Å². The largest absolute Gasteiger partial charge is 0.462 e. The molecule has 0 saturated heterocycles. The number of carbonyl (C=O) groups excluding carboxylic acids is 3. The Labute approximate surface area is 506 Å². The molecule has 1 atom stereocenters. The van der Waals surface area contributed by atoms with Crippen LogP contribution in [-0.2, 0) is 28.6 Å². The third-order valence-electron chi connectivity index (χ3n) is 16.6. The Bertz CT molecular complexity index is 1350. The minimum Gasteiger partial charge on any atom is -0.462 e. The van der Waals surface area contributed by atoms with Crippen LogP contribution >= 0.6 is 0 Å². The van der Waals surface area contributed by atoms with Crippen molar-refractivity contribution in [3.8, 4) is 0 Å². The summed E-state index contributed by atoms with van der Waals surface area (Å²) in [4.78, 5) is 38.0. The van der Waals surface area contributed by atoms with Gasteiger partial charge in [0.2, 0.25) is 0 Å². The first-order valence-corrected chi connectivity index (χ1v) is 36.5. The maximum Gasteiger partial charge on any atom is 0.306 e. The zero-order valence-electron chi connectivity index (χ0n) is 54.8. The molecule has 0 aromatic heterocycles. The van der Waals surface area contributed by atoms with Crippen LogP contribution < -0.4 is 0 Å². The lowest BCUT2D eigenvalue weighted by Crippen LogP contribution is -2.30. The van der Waals surface area contributed by atoms with Gasteiger partial charge in [0.1, 0.15) is 13.2 Å². The molecule has 1 unspecified atom stereocenters. The van der Waals surface area contributed by atoms with Crippen molar-refractivity contribution < 1.29 is 28.6 Å². The van der Waals surface area contributed by atoms with Crippen molar-refractivity contribution in [2.45, 2.75) is 412 Å². The van der Waals surface area contributed by atoms with E-state index in [4.69, 9.17) is 14.2 Å². The van der Waals surface area contributed by atoms with Crippen molar-refractivity contribution in [1.29, 1.82) is 0 Å². The van der Waals surface area contributed by atoms with E-state index >= 15 is 0 Å². The molecular formula is C75H140O6. The first-order valence-electron chi connectivity index (χ1n) is 36.5. The molecule has 0 aliphatic rings. The summed E-state index contributed by atoms with van der Waals surface area (Å²) >= 11 is 0. The number of esters is 3. The summed E-state index contributed by atoms with van der Waals surface area (Å²) < 4.78 is 16.8. The van der Waals surface area contributed by atoms with Gasteiger partial charge in [-0.25, -0.2) is 0 Å². The van der Waals surface area contributed by atoms with E-state index < -0.39 is 6.10 Å². The summed E-state index contributed by atoms with van der Waals surface area (Å²) in [5, 5.41) is 0. The van der Waals surface area contributed by atoms with Gasteiger partial charge in [-0.3, -0.25) is 14.4 Å². The van der Waals surface area contributed by atoms with E-state index in [2.05, 4.69) is 57.2 Å². The van der Waals surface area contributed by atoms with Crippen molar-refractivity contribution in [2.75, 3.05) is 13.2 Å². The van der Waals surface area contributed by atoms with Crippen LogP contribution in [0.25, 0.3) is 0 Å². The molecule has 0 aromatic rings. The van der Waals surface area contributed by atoms with Gasteiger partial charge in [0.05, 0.1) is 0 Å². The van der Waals surface area contributed by atoms with E-state index in [-0.39, 0.29) is 31.1 Å². The lowest BCUT2D eigenvalue weighted by atomic mass is 10.0. The lowest BCUT2D eigenvalue weighted by molar-refractivity contribution is -0.167. The fourth-order valence-corrected chi connectivity index (χ4v) is 11.2. The third kappa shape index (κ3) is 68.3. The van der Waals surface area contributed by atoms with Crippen LogP contribution in [0, 0.1) is 0 Å². The SMILES string of the molecule is CCCCCCC/C=C\C/C=C\C/C=C\CCCCCCCCCCCCCCC(=O)OC(COC(=O)CCCCCCC)COC(=O)CCCCCCCCCCCCCCCCCCCCCCCCCCCCCCCCC. The predicted octanol–water partition coefficient (Wildman–Crippen LogP) is 25.1. The topological polar surface area (TPSA) is 78.9 Å². The summed E-state index contributed by atoms with van der Waals surface area (Å²) in [7, 11) is 0. The average molecular weight is 1140 g/mol. The van der Waals surface area contributed by atoms with E-state index in [1.54, 1.807) is 0 Å². The molecule has 0 fully saturated rings. The van der Waals surface area contributed by atoms with E-state index in [0.29, 0.717) is 19.3 Å². The maximum absolute atomic E-state index is 12.9. The second kappa shape index (κ2) is 70.1. The molecule has 6 heteroatoms. The molecule has 0 radical (unpaired) electrons. The number of carbonyl (C=O) groups is 3. The zero-order chi connectivity index (χ0) is 58.5. The first kappa shape index (κ1) is 78.6. The smallest absolute Gasteiger partial charge is 0.306 e. The number of hydrogen-bond acceptors (Lipinski definition) is 6. The Kier molecular flexibility index (Phi) is 68.1. The number of unbranched alkanes of at least 4 members (excludes halogenated alkanes) is 51. The predicted molar refractivity (Wildman–Crippen MR) is 353 cm³/mol. The molecule has 0 saturated carbocycles. The van der Waals surface area contributed by atoms with Crippen LogP contribution in [0.15, 0.2) is 36.5 Å². The van der Waals surface area contributed by atoms with Crippen LogP contribution in [0.1, 0.15) is 406 Å². The molecule has 0 amide bonds. The summed E-state index contributed by atoms with van der Waals surface area (Å²) in [5.41, 5.74) is 0. The fourth-order valence-electron chi connectivity index (χ4n) is 11.2. The molecule has 0 N–H and O–H groups in total. The second-order valence-corrected chi connectivity index (χ2v) is 24.9. The Hall–Kier alpha value is -2.37. The molecule has 476 valence electrons. The monoisotopic (exact) mass is 1140 g/mol. The number of allylic oxidation sites excluding steroid dienone is 6. The molecule has 0 aromatic carbocycles. The van der Waals surface area contributed by atoms with Crippen molar-refractivity contribution in [3.63, 3.8) is 0 Å². The van der Waals surface area contributed by atoms with Gasteiger partial charge >= 0.3 is 17.9 Å². The minimum atomic E-state index is -0.768. The van der Waals surface area contributed by atoms with Gasteiger partial charge < -0.3 is 14.2 Å². The summed E-state index contributed by atoms with van der Waals surface area (Å²) in [5.74, 6) is -0.859. The van der Waals surface area contributed by atoms with Crippen LogP contribution in [-0.4, -0.2) is 37.2 Å². The molecule has 0 aliphatic heterocycles. The molecule has 0 aliphatic carbocycles. The van der Waals surface area contributed by atoms with Crippen LogP contribution in [0.2, 0.25) is 0 Å². The van der Waals surface area contributed by atoms with E-state index in [0.717, 1.165) is 77.0 Å². The van der Waals surface area contributed by atoms with Gasteiger partial charge in [0, 0.05) is 19.3 Å². The lowest BCUT2D eigenvalue weighted by Gasteiger charge is -2.18. The third-order valence-corrected chi connectivity index (χ3v) is 16.6. The van der Waals surface area contributed by atoms with Crippen LogP contribution in [0.3, 0.4) is 0 Å². The van der Waals surface area contributed by atoms with Gasteiger partial charge in [-0.2, -0.15) is 0 Å².